The van der Waals surface area contributed by atoms with Gasteiger partial charge in [0.25, 0.3) is 0 Å². The van der Waals surface area contributed by atoms with E-state index in [1.807, 2.05) is 6.92 Å². The van der Waals surface area contributed by atoms with Gasteiger partial charge in [0.1, 0.15) is 6.10 Å². The van der Waals surface area contributed by atoms with Crippen LogP contribution in [0.3, 0.4) is 0 Å². The van der Waals surface area contributed by atoms with Crippen molar-refractivity contribution in [2.75, 3.05) is 0 Å². The van der Waals surface area contributed by atoms with E-state index in [0.29, 0.717) is 6.42 Å². The Labute approximate surface area is 140 Å². The largest absolute Gasteiger partial charge is 0.460 e. The molecular formula is C15H23F9O. The summed E-state index contributed by atoms with van der Waals surface area (Å²) in [6.45, 7) is 2.01. The Balaban J connectivity index is 4.56. The van der Waals surface area contributed by atoms with Gasteiger partial charge < -0.3 is 5.11 Å². The monoisotopic (exact) mass is 390 g/mol. The van der Waals surface area contributed by atoms with E-state index in [2.05, 4.69) is 0 Å². The Morgan fingerprint density at radius 2 is 1.04 bits per heavy atom. The molecule has 0 aromatic carbocycles. The summed E-state index contributed by atoms with van der Waals surface area (Å²) >= 11 is 0. The summed E-state index contributed by atoms with van der Waals surface area (Å²) in [5, 5.41) is 9.08. The molecule has 0 aromatic heterocycles. The first-order valence-corrected chi connectivity index (χ1v) is 8.11. The van der Waals surface area contributed by atoms with E-state index in [0.717, 1.165) is 32.1 Å². The minimum Gasteiger partial charge on any atom is -0.387 e. The molecule has 0 amide bonds. The van der Waals surface area contributed by atoms with E-state index in [4.69, 9.17) is 5.11 Å². The fourth-order valence-electron chi connectivity index (χ4n) is 2.25. The summed E-state index contributed by atoms with van der Waals surface area (Å²) in [5.41, 5.74) is 0. The highest BCUT2D eigenvalue weighted by molar-refractivity contribution is 5.03. The van der Waals surface area contributed by atoms with Crippen molar-refractivity contribution in [3.8, 4) is 0 Å². The SMILES string of the molecule is CCCCCCCCCCC(O)C(F)(F)C(F)(F)C(F)(F)C(F)(F)F. The number of aliphatic hydroxyl groups is 1. The average Bonchev–Trinajstić information content (AvgIpc) is 2.48. The summed E-state index contributed by atoms with van der Waals surface area (Å²) in [5.74, 6) is -19.6. The fraction of sp³-hybridized carbons (Fsp3) is 1.00. The molecule has 0 spiro atoms. The third-order valence-electron chi connectivity index (χ3n) is 3.92. The Kier molecular flexibility index (Phi) is 9.07. The van der Waals surface area contributed by atoms with E-state index in [1.165, 1.54) is 0 Å². The van der Waals surface area contributed by atoms with E-state index in [1.54, 1.807) is 0 Å². The van der Waals surface area contributed by atoms with Crippen LogP contribution in [0.1, 0.15) is 64.7 Å². The van der Waals surface area contributed by atoms with Crippen molar-refractivity contribution in [1.82, 2.24) is 0 Å². The first-order valence-electron chi connectivity index (χ1n) is 8.11. The van der Waals surface area contributed by atoms with Crippen LogP contribution in [-0.4, -0.2) is 35.2 Å². The van der Waals surface area contributed by atoms with E-state index >= 15 is 0 Å². The molecule has 25 heavy (non-hydrogen) atoms. The average molecular weight is 390 g/mol. The minimum absolute atomic E-state index is 0.182. The molecule has 0 aromatic rings. The standard InChI is InChI=1S/C15H23F9O/c1-2-3-4-5-6-7-8-9-10-11(25)12(16,17)13(18,19)14(20,21)15(22,23)24/h11,25H,2-10H2,1H3. The molecule has 0 saturated carbocycles. The summed E-state index contributed by atoms with van der Waals surface area (Å²) < 4.78 is 114. The molecular weight excluding hydrogens is 367 g/mol. The second-order valence-corrected chi connectivity index (χ2v) is 6.05. The van der Waals surface area contributed by atoms with Gasteiger partial charge in [-0.2, -0.15) is 39.5 Å². The van der Waals surface area contributed by atoms with Gasteiger partial charge in [-0.15, -0.1) is 0 Å². The van der Waals surface area contributed by atoms with Crippen LogP contribution in [0.4, 0.5) is 39.5 Å². The van der Waals surface area contributed by atoms with Crippen LogP contribution in [0.15, 0.2) is 0 Å². The molecule has 0 aliphatic carbocycles. The summed E-state index contributed by atoms with van der Waals surface area (Å²) in [6, 6.07) is 0. The predicted molar refractivity (Wildman–Crippen MR) is 74.1 cm³/mol. The maximum Gasteiger partial charge on any atom is 0.460 e. The number of hydrogen-bond acceptors (Lipinski definition) is 1. The predicted octanol–water partition coefficient (Wildman–Crippen LogP) is 6.35. The second-order valence-electron chi connectivity index (χ2n) is 6.05. The van der Waals surface area contributed by atoms with Gasteiger partial charge in [0.2, 0.25) is 0 Å². The van der Waals surface area contributed by atoms with Crippen LogP contribution in [0, 0.1) is 0 Å². The Bertz CT molecular complexity index is 380. The molecule has 10 heteroatoms. The molecule has 0 fully saturated rings. The van der Waals surface area contributed by atoms with Gasteiger partial charge in [-0.3, -0.25) is 0 Å². The van der Waals surface area contributed by atoms with Crippen molar-refractivity contribution in [2.45, 2.75) is 94.8 Å². The van der Waals surface area contributed by atoms with Gasteiger partial charge in [-0.25, -0.2) is 0 Å². The molecule has 1 N–H and O–H groups in total. The van der Waals surface area contributed by atoms with Crippen LogP contribution in [0.2, 0.25) is 0 Å². The molecule has 0 saturated heterocycles. The number of aliphatic hydroxyl groups excluding tert-OH is 1. The second kappa shape index (κ2) is 9.32. The first-order chi connectivity index (χ1) is 11.2. The molecule has 0 heterocycles. The van der Waals surface area contributed by atoms with Crippen molar-refractivity contribution >= 4 is 0 Å². The first kappa shape index (κ1) is 24.3. The molecule has 0 bridgehead atoms. The lowest BCUT2D eigenvalue weighted by Gasteiger charge is -2.35. The van der Waals surface area contributed by atoms with Crippen LogP contribution in [0.5, 0.6) is 0 Å². The molecule has 152 valence electrons. The number of halogens is 9. The van der Waals surface area contributed by atoms with Gasteiger partial charge in [0.15, 0.2) is 0 Å². The van der Waals surface area contributed by atoms with Gasteiger partial charge >= 0.3 is 23.9 Å². The lowest BCUT2D eigenvalue weighted by atomic mass is 9.95. The number of rotatable bonds is 12. The lowest BCUT2D eigenvalue weighted by Crippen LogP contribution is -2.64. The molecule has 1 unspecified atom stereocenters. The Hall–Kier alpha value is -0.670. The van der Waals surface area contributed by atoms with Crippen molar-refractivity contribution in [1.29, 1.82) is 0 Å². The zero-order valence-electron chi connectivity index (χ0n) is 13.8. The third-order valence-corrected chi connectivity index (χ3v) is 3.92. The van der Waals surface area contributed by atoms with Crippen LogP contribution in [-0.2, 0) is 0 Å². The number of hydrogen-bond donors (Lipinski definition) is 1. The summed E-state index contributed by atoms with van der Waals surface area (Å²) in [7, 11) is 0. The van der Waals surface area contributed by atoms with E-state index in [9.17, 15) is 39.5 Å². The van der Waals surface area contributed by atoms with Gasteiger partial charge in [-0.1, -0.05) is 58.3 Å². The zero-order chi connectivity index (χ0) is 19.9. The topological polar surface area (TPSA) is 20.2 Å². The Morgan fingerprint density at radius 3 is 1.44 bits per heavy atom. The van der Waals surface area contributed by atoms with Gasteiger partial charge in [-0.05, 0) is 6.42 Å². The Morgan fingerprint density at radius 1 is 0.640 bits per heavy atom. The normalized spacial score (nSPS) is 15.5. The van der Waals surface area contributed by atoms with Crippen molar-refractivity contribution in [2.24, 2.45) is 0 Å². The van der Waals surface area contributed by atoms with Crippen molar-refractivity contribution < 1.29 is 44.6 Å². The molecule has 0 aliphatic heterocycles. The van der Waals surface area contributed by atoms with Crippen LogP contribution >= 0.6 is 0 Å². The molecule has 0 rings (SSSR count). The maximum atomic E-state index is 13.4. The smallest absolute Gasteiger partial charge is 0.387 e. The highest BCUT2D eigenvalue weighted by Gasteiger charge is 2.82. The highest BCUT2D eigenvalue weighted by Crippen LogP contribution is 2.54. The molecule has 1 nitrogen and oxygen atoms in total. The third kappa shape index (κ3) is 5.92. The maximum absolute atomic E-state index is 13.4. The van der Waals surface area contributed by atoms with Gasteiger partial charge in [0.05, 0.1) is 0 Å². The minimum atomic E-state index is -6.95. The molecule has 0 radical (unpaired) electrons. The summed E-state index contributed by atoms with van der Waals surface area (Å²) in [4.78, 5) is 0. The van der Waals surface area contributed by atoms with Crippen LogP contribution in [0.25, 0.3) is 0 Å². The number of unbranched alkanes of at least 4 members (excludes halogenated alkanes) is 7. The fourth-order valence-corrected chi connectivity index (χ4v) is 2.25. The van der Waals surface area contributed by atoms with E-state index in [-0.39, 0.29) is 12.8 Å². The highest BCUT2D eigenvalue weighted by atomic mass is 19.4. The van der Waals surface area contributed by atoms with Crippen molar-refractivity contribution in [3.63, 3.8) is 0 Å². The van der Waals surface area contributed by atoms with Gasteiger partial charge in [0, 0.05) is 0 Å². The quantitative estimate of drug-likeness (QED) is 0.304. The zero-order valence-corrected chi connectivity index (χ0v) is 13.8. The molecule has 1 atom stereocenters. The lowest BCUT2D eigenvalue weighted by molar-refractivity contribution is -0.406. The number of alkyl halides is 9. The van der Waals surface area contributed by atoms with Crippen LogP contribution < -0.4 is 0 Å². The summed E-state index contributed by atoms with van der Waals surface area (Å²) in [6.07, 6.45) is -5.80. The van der Waals surface area contributed by atoms with Crippen molar-refractivity contribution in [3.05, 3.63) is 0 Å². The van der Waals surface area contributed by atoms with E-state index < -0.39 is 36.5 Å². The molecule has 0 aliphatic rings.